The minimum Gasteiger partial charge on any atom is -0.463 e. The summed E-state index contributed by atoms with van der Waals surface area (Å²) in [6.45, 7) is 15.0. The molecule has 0 unspecified atom stereocenters. The van der Waals surface area contributed by atoms with E-state index in [-0.39, 0.29) is 31.1 Å². The molecule has 0 aliphatic heterocycles. The predicted molar refractivity (Wildman–Crippen MR) is 119 cm³/mol. The summed E-state index contributed by atoms with van der Waals surface area (Å²) < 4.78 is 22.8. The number of rotatable bonds is 15. The van der Waals surface area contributed by atoms with E-state index in [1.165, 1.54) is 0 Å². The minimum atomic E-state index is -0.525. The van der Waals surface area contributed by atoms with E-state index in [0.717, 1.165) is 12.8 Å². The van der Waals surface area contributed by atoms with Crippen molar-refractivity contribution in [2.45, 2.75) is 67.5 Å². The average molecular weight is 457 g/mol. The zero-order chi connectivity index (χ0) is 24.0. The number of ether oxygens (including phenoxy) is 4. The lowest BCUT2D eigenvalue weighted by Gasteiger charge is -2.20. The van der Waals surface area contributed by atoms with Crippen LogP contribution in [-0.2, 0) is 36.8 Å². The lowest BCUT2D eigenvalue weighted by Crippen LogP contribution is -2.27. The maximum atomic E-state index is 11.8. The third kappa shape index (κ3) is 12.6. The molecule has 0 aliphatic rings. The average Bonchev–Trinajstić information content (AvgIpc) is 3.18. The van der Waals surface area contributed by atoms with Gasteiger partial charge < -0.3 is 24.3 Å². The molecule has 10 nitrogen and oxygen atoms in total. The Morgan fingerprint density at radius 2 is 1.62 bits per heavy atom. The summed E-state index contributed by atoms with van der Waals surface area (Å²) in [5.41, 5.74) is 0.360. The molecule has 0 saturated heterocycles. The van der Waals surface area contributed by atoms with Gasteiger partial charge in [-0.05, 0) is 32.1 Å². The fraction of sp³-hybridized carbons (Fsp3) is 0.818. The van der Waals surface area contributed by atoms with E-state index in [1.807, 2.05) is 20.8 Å². The Balaban J connectivity index is 2.09. The van der Waals surface area contributed by atoms with Crippen LogP contribution in [0.5, 0.6) is 0 Å². The molecule has 0 spiro atoms. The van der Waals surface area contributed by atoms with Crippen LogP contribution in [0.15, 0.2) is 6.20 Å². The molecule has 10 heteroatoms. The van der Waals surface area contributed by atoms with Crippen LogP contribution >= 0.6 is 0 Å². The second-order valence-corrected chi connectivity index (χ2v) is 9.37. The zero-order valence-corrected chi connectivity index (χ0v) is 20.4. The molecule has 32 heavy (non-hydrogen) atoms. The van der Waals surface area contributed by atoms with Gasteiger partial charge in [-0.25, -0.2) is 9.48 Å². The Labute approximate surface area is 191 Å². The van der Waals surface area contributed by atoms with Gasteiger partial charge in [-0.3, -0.25) is 4.79 Å². The van der Waals surface area contributed by atoms with E-state index >= 15 is 0 Å². The van der Waals surface area contributed by atoms with Crippen molar-refractivity contribution in [3.05, 3.63) is 11.9 Å². The standard InChI is InChI=1S/C22H40N4O6/c1-7-22(5,6)19(27)31-14-12-30-11-9-26-17-18(24-25-26)16-23-20(28)32-15-13-29-10-8-21(2,3)4/h17H,7-16H2,1-6H3,(H,23,28). The molecule has 1 rings (SSSR count). The number of carbonyl (C=O) groups is 2. The van der Waals surface area contributed by atoms with Crippen LogP contribution in [-0.4, -0.2) is 66.7 Å². The molecule has 0 bridgehead atoms. The van der Waals surface area contributed by atoms with Crippen molar-refractivity contribution in [3.63, 3.8) is 0 Å². The molecule has 0 aromatic carbocycles. The molecule has 0 atom stereocenters. The Bertz CT molecular complexity index is 684. The molecule has 1 amide bonds. The quantitative estimate of drug-likeness (QED) is 0.316. The number of hydrogen-bond donors (Lipinski definition) is 1. The highest BCUT2D eigenvalue weighted by Crippen LogP contribution is 2.21. The van der Waals surface area contributed by atoms with E-state index in [4.69, 9.17) is 18.9 Å². The smallest absolute Gasteiger partial charge is 0.407 e. The van der Waals surface area contributed by atoms with Crippen molar-refractivity contribution in [1.29, 1.82) is 0 Å². The van der Waals surface area contributed by atoms with E-state index in [2.05, 4.69) is 36.4 Å². The highest BCUT2D eigenvalue weighted by atomic mass is 16.6. The maximum Gasteiger partial charge on any atom is 0.407 e. The van der Waals surface area contributed by atoms with Gasteiger partial charge in [0.25, 0.3) is 0 Å². The summed E-state index contributed by atoms with van der Waals surface area (Å²) in [6.07, 6.45) is 2.87. The van der Waals surface area contributed by atoms with Crippen LogP contribution in [0.25, 0.3) is 0 Å². The van der Waals surface area contributed by atoms with E-state index in [9.17, 15) is 9.59 Å². The van der Waals surface area contributed by atoms with Crippen molar-refractivity contribution in [2.24, 2.45) is 10.8 Å². The highest BCUT2D eigenvalue weighted by Gasteiger charge is 2.26. The lowest BCUT2D eigenvalue weighted by molar-refractivity contribution is -0.155. The molecule has 1 aromatic heterocycles. The monoisotopic (exact) mass is 456 g/mol. The molecule has 0 saturated carbocycles. The number of aromatic nitrogens is 3. The van der Waals surface area contributed by atoms with Crippen molar-refractivity contribution in [2.75, 3.05) is 39.6 Å². The SMILES string of the molecule is CCC(C)(C)C(=O)OCCOCCn1cc(CNC(=O)OCCOCCC(C)(C)C)nn1. The second-order valence-electron chi connectivity index (χ2n) is 9.37. The first-order valence-electron chi connectivity index (χ1n) is 11.2. The Morgan fingerprint density at radius 1 is 0.969 bits per heavy atom. The van der Waals surface area contributed by atoms with Crippen LogP contribution in [0.4, 0.5) is 4.79 Å². The van der Waals surface area contributed by atoms with Gasteiger partial charge in [0, 0.05) is 6.61 Å². The van der Waals surface area contributed by atoms with Gasteiger partial charge in [-0.15, -0.1) is 5.10 Å². The van der Waals surface area contributed by atoms with Crippen LogP contribution in [0.1, 0.15) is 60.1 Å². The fourth-order valence-corrected chi connectivity index (χ4v) is 2.21. The van der Waals surface area contributed by atoms with E-state index in [0.29, 0.717) is 38.7 Å². The number of nitrogens with zero attached hydrogens (tertiary/aromatic N) is 3. The van der Waals surface area contributed by atoms with Gasteiger partial charge in [0.05, 0.1) is 44.5 Å². The summed E-state index contributed by atoms with van der Waals surface area (Å²) in [5.74, 6) is -0.219. The molecular weight excluding hydrogens is 416 g/mol. The number of hydrogen-bond acceptors (Lipinski definition) is 8. The number of esters is 1. The van der Waals surface area contributed by atoms with Crippen molar-refractivity contribution in [1.82, 2.24) is 20.3 Å². The summed E-state index contributed by atoms with van der Waals surface area (Å²) in [7, 11) is 0. The third-order valence-electron chi connectivity index (χ3n) is 4.82. The number of alkyl carbamates (subject to hydrolysis) is 1. The minimum absolute atomic E-state index is 0.200. The van der Waals surface area contributed by atoms with E-state index < -0.39 is 11.5 Å². The summed E-state index contributed by atoms with van der Waals surface area (Å²) >= 11 is 0. The van der Waals surface area contributed by atoms with Crippen LogP contribution in [0.2, 0.25) is 0 Å². The summed E-state index contributed by atoms with van der Waals surface area (Å²) in [6, 6.07) is 0. The van der Waals surface area contributed by atoms with Gasteiger partial charge in [0.1, 0.15) is 18.9 Å². The Hall–Kier alpha value is -2.20. The highest BCUT2D eigenvalue weighted by molar-refractivity contribution is 5.75. The number of amides is 1. The summed E-state index contributed by atoms with van der Waals surface area (Å²) in [5, 5.41) is 10.6. The molecule has 1 aromatic rings. The fourth-order valence-electron chi connectivity index (χ4n) is 2.21. The topological polar surface area (TPSA) is 114 Å². The largest absolute Gasteiger partial charge is 0.463 e. The van der Waals surface area contributed by atoms with Gasteiger partial charge in [-0.1, -0.05) is 32.9 Å². The first-order chi connectivity index (χ1) is 15.0. The normalized spacial score (nSPS) is 11.9. The van der Waals surface area contributed by atoms with Crippen molar-refractivity contribution >= 4 is 12.1 Å². The molecule has 0 fully saturated rings. The first kappa shape index (κ1) is 27.8. The van der Waals surface area contributed by atoms with Gasteiger partial charge in [0.15, 0.2) is 0 Å². The summed E-state index contributed by atoms with van der Waals surface area (Å²) in [4.78, 5) is 23.6. The lowest BCUT2D eigenvalue weighted by atomic mass is 9.91. The maximum absolute atomic E-state index is 11.8. The second kappa shape index (κ2) is 14.1. The molecule has 1 heterocycles. The molecule has 184 valence electrons. The Morgan fingerprint density at radius 3 is 2.28 bits per heavy atom. The molecule has 0 radical (unpaired) electrons. The first-order valence-corrected chi connectivity index (χ1v) is 11.2. The predicted octanol–water partition coefficient (Wildman–Crippen LogP) is 2.95. The molecule has 0 aliphatic carbocycles. The van der Waals surface area contributed by atoms with E-state index in [1.54, 1.807) is 10.9 Å². The van der Waals surface area contributed by atoms with Gasteiger partial charge in [0.2, 0.25) is 0 Å². The van der Waals surface area contributed by atoms with Crippen molar-refractivity contribution < 1.29 is 28.5 Å². The van der Waals surface area contributed by atoms with Crippen molar-refractivity contribution in [3.8, 4) is 0 Å². The Kier molecular flexibility index (Phi) is 12.2. The number of carbonyl (C=O) groups excluding carboxylic acids is 2. The van der Waals surface area contributed by atoms with Gasteiger partial charge >= 0.3 is 12.1 Å². The van der Waals surface area contributed by atoms with Crippen LogP contribution in [0, 0.1) is 10.8 Å². The van der Waals surface area contributed by atoms with Gasteiger partial charge in [-0.2, -0.15) is 0 Å². The van der Waals surface area contributed by atoms with Crippen LogP contribution < -0.4 is 5.32 Å². The zero-order valence-electron chi connectivity index (χ0n) is 20.4. The molecule has 1 N–H and O–H groups in total. The van der Waals surface area contributed by atoms with Crippen LogP contribution in [0.3, 0.4) is 0 Å². The number of nitrogens with one attached hydrogen (secondary N) is 1. The third-order valence-corrected chi connectivity index (χ3v) is 4.82. The molecular formula is C22H40N4O6.